The Hall–Kier alpha value is -0.630. The lowest BCUT2D eigenvalue weighted by atomic mass is 10.2. The van der Waals surface area contributed by atoms with Crippen LogP contribution in [-0.2, 0) is 19.1 Å². The van der Waals surface area contributed by atoms with Gasteiger partial charge in [-0.3, -0.25) is 0 Å². The van der Waals surface area contributed by atoms with E-state index < -0.39 is 19.1 Å². The molecule has 5 nitrogen and oxygen atoms in total. The molecule has 1 N–H and O–H groups in total. The van der Waals surface area contributed by atoms with Crippen molar-refractivity contribution >= 4 is 29.8 Å². The van der Waals surface area contributed by atoms with E-state index in [-0.39, 0.29) is 15.8 Å². The van der Waals surface area contributed by atoms with Gasteiger partial charge in [-0.2, -0.15) is 0 Å². The van der Waals surface area contributed by atoms with Gasteiger partial charge in [0.1, 0.15) is 0 Å². The molecule has 0 fully saturated rings. The molecule has 0 saturated heterocycles. The van der Waals surface area contributed by atoms with Gasteiger partial charge in [0.05, 0.1) is 9.79 Å². The number of nitrogens with one attached hydrogen (secondary N) is 1. The summed E-state index contributed by atoms with van der Waals surface area (Å²) in [6, 6.07) is 4.60. The average Bonchev–Trinajstić information content (AvgIpc) is 2.27. The highest BCUT2D eigenvalue weighted by atomic mass is 35.7. The van der Waals surface area contributed by atoms with Crippen LogP contribution in [0.4, 0.5) is 0 Å². The van der Waals surface area contributed by atoms with Gasteiger partial charge >= 0.3 is 0 Å². The Bertz CT molecular complexity index is 623. The topological polar surface area (TPSA) is 80.3 Å². The minimum Gasteiger partial charge on any atom is -0.208 e. The van der Waals surface area contributed by atoms with Crippen LogP contribution in [0.25, 0.3) is 0 Å². The fourth-order valence-electron chi connectivity index (χ4n) is 1.61. The molecule has 0 aliphatic carbocycles. The molecule has 1 rings (SSSR count). The highest BCUT2D eigenvalue weighted by molar-refractivity contribution is 8.13. The number of hydrogen-bond donors (Lipinski definition) is 1. The molecule has 1 aromatic carbocycles. The molecule has 0 amide bonds. The van der Waals surface area contributed by atoms with Crippen LogP contribution in [0.1, 0.15) is 26.7 Å². The molecular formula is C11H16ClNO4S2. The molecule has 19 heavy (non-hydrogen) atoms. The third-order valence-electron chi connectivity index (χ3n) is 2.49. The van der Waals surface area contributed by atoms with E-state index in [0.717, 1.165) is 12.8 Å². The first-order valence-electron chi connectivity index (χ1n) is 5.74. The van der Waals surface area contributed by atoms with Crippen LogP contribution in [-0.4, -0.2) is 22.9 Å². The molecule has 0 spiro atoms. The van der Waals surface area contributed by atoms with Gasteiger partial charge in [0.15, 0.2) is 0 Å². The first kappa shape index (κ1) is 16.4. The fraction of sp³-hybridized carbons (Fsp3) is 0.455. The van der Waals surface area contributed by atoms with Gasteiger partial charge in [-0.1, -0.05) is 13.3 Å². The summed E-state index contributed by atoms with van der Waals surface area (Å²) >= 11 is 0. The van der Waals surface area contributed by atoms with Gasteiger partial charge in [0.25, 0.3) is 9.05 Å². The predicted molar refractivity (Wildman–Crippen MR) is 74.2 cm³/mol. The third kappa shape index (κ3) is 4.76. The average molecular weight is 326 g/mol. The van der Waals surface area contributed by atoms with Crippen LogP contribution in [0.15, 0.2) is 34.1 Å². The van der Waals surface area contributed by atoms with Crippen molar-refractivity contribution in [2.75, 3.05) is 0 Å². The van der Waals surface area contributed by atoms with Gasteiger partial charge in [-0.05, 0) is 37.6 Å². The van der Waals surface area contributed by atoms with Crippen LogP contribution < -0.4 is 4.72 Å². The molecule has 108 valence electrons. The summed E-state index contributed by atoms with van der Waals surface area (Å²) in [4.78, 5) is -0.116. The maximum atomic E-state index is 12.0. The van der Waals surface area contributed by atoms with Gasteiger partial charge in [0, 0.05) is 16.7 Å². The van der Waals surface area contributed by atoms with Crippen molar-refractivity contribution in [1.82, 2.24) is 4.72 Å². The first-order valence-corrected chi connectivity index (χ1v) is 9.53. The molecule has 0 heterocycles. The zero-order valence-corrected chi connectivity index (χ0v) is 13.0. The lowest BCUT2D eigenvalue weighted by Gasteiger charge is -2.13. The maximum Gasteiger partial charge on any atom is 0.261 e. The number of hydrogen-bond acceptors (Lipinski definition) is 4. The van der Waals surface area contributed by atoms with Crippen LogP contribution >= 0.6 is 10.7 Å². The summed E-state index contributed by atoms with van der Waals surface area (Å²) in [6.45, 7) is 3.74. The van der Waals surface area contributed by atoms with Gasteiger partial charge in [-0.15, -0.1) is 0 Å². The van der Waals surface area contributed by atoms with Crippen molar-refractivity contribution in [2.24, 2.45) is 0 Å². The van der Waals surface area contributed by atoms with E-state index in [9.17, 15) is 16.8 Å². The minimum atomic E-state index is -3.84. The van der Waals surface area contributed by atoms with Crippen LogP contribution in [0, 0.1) is 0 Å². The number of halogens is 1. The molecule has 0 aromatic heterocycles. The monoisotopic (exact) mass is 325 g/mol. The summed E-state index contributed by atoms with van der Waals surface area (Å²) in [6.07, 6.45) is 1.60. The molecular weight excluding hydrogens is 310 g/mol. The number of rotatable bonds is 6. The Morgan fingerprint density at radius 2 is 1.58 bits per heavy atom. The molecule has 0 aliphatic rings. The van der Waals surface area contributed by atoms with Crippen molar-refractivity contribution in [3.05, 3.63) is 24.3 Å². The quantitative estimate of drug-likeness (QED) is 0.812. The van der Waals surface area contributed by atoms with E-state index in [2.05, 4.69) is 4.72 Å². The van der Waals surface area contributed by atoms with Gasteiger partial charge < -0.3 is 0 Å². The zero-order valence-electron chi connectivity index (χ0n) is 10.6. The second-order valence-corrected chi connectivity index (χ2v) is 8.50. The Morgan fingerprint density at radius 3 is 2.00 bits per heavy atom. The summed E-state index contributed by atoms with van der Waals surface area (Å²) in [5, 5.41) is 0. The highest BCUT2D eigenvalue weighted by Gasteiger charge is 2.18. The largest absolute Gasteiger partial charge is 0.261 e. The molecule has 1 atom stereocenters. The second-order valence-electron chi connectivity index (χ2n) is 4.22. The number of sulfonamides is 1. The van der Waals surface area contributed by atoms with E-state index in [1.807, 2.05) is 6.92 Å². The van der Waals surface area contributed by atoms with Crippen LogP contribution in [0.3, 0.4) is 0 Å². The Labute approximate surface area is 118 Å². The molecule has 0 aliphatic heterocycles. The zero-order chi connectivity index (χ0) is 14.7. The smallest absolute Gasteiger partial charge is 0.208 e. The number of benzene rings is 1. The highest BCUT2D eigenvalue weighted by Crippen LogP contribution is 2.18. The van der Waals surface area contributed by atoms with E-state index >= 15 is 0 Å². The normalized spacial score (nSPS) is 14.3. The summed E-state index contributed by atoms with van der Waals surface area (Å²) in [5.41, 5.74) is 0. The molecule has 0 radical (unpaired) electrons. The van der Waals surface area contributed by atoms with Gasteiger partial charge in [-0.25, -0.2) is 21.6 Å². The van der Waals surface area contributed by atoms with Crippen molar-refractivity contribution < 1.29 is 16.8 Å². The predicted octanol–water partition coefficient (Wildman–Crippen LogP) is 2.08. The van der Waals surface area contributed by atoms with Crippen molar-refractivity contribution in [2.45, 2.75) is 42.5 Å². The van der Waals surface area contributed by atoms with Crippen molar-refractivity contribution in [3.8, 4) is 0 Å². The Balaban J connectivity index is 2.97. The second kappa shape index (κ2) is 6.21. The van der Waals surface area contributed by atoms with Gasteiger partial charge in [0.2, 0.25) is 10.0 Å². The Morgan fingerprint density at radius 1 is 1.11 bits per heavy atom. The molecule has 0 saturated carbocycles. The van der Waals surface area contributed by atoms with Crippen LogP contribution in [0.5, 0.6) is 0 Å². The summed E-state index contributed by atoms with van der Waals surface area (Å²) < 4.78 is 48.6. The summed E-state index contributed by atoms with van der Waals surface area (Å²) in [7, 11) is -2.31. The standard InChI is InChI=1S/C11H16ClNO4S2/c1-3-4-9(2)13-19(16,17)11-7-5-10(6-8-11)18(12,14)15/h5-9,13H,3-4H2,1-2H3. The molecule has 1 aromatic rings. The maximum absolute atomic E-state index is 12.0. The summed E-state index contributed by atoms with van der Waals surface area (Å²) in [5.74, 6) is 0. The Kier molecular flexibility index (Phi) is 5.37. The van der Waals surface area contributed by atoms with E-state index in [0.29, 0.717) is 0 Å². The van der Waals surface area contributed by atoms with E-state index in [1.165, 1.54) is 24.3 Å². The van der Waals surface area contributed by atoms with E-state index in [1.54, 1.807) is 6.92 Å². The SMILES string of the molecule is CCCC(C)NS(=O)(=O)c1ccc(S(=O)(=O)Cl)cc1. The molecule has 1 unspecified atom stereocenters. The third-order valence-corrected chi connectivity index (χ3v) is 5.47. The molecule has 0 bridgehead atoms. The van der Waals surface area contributed by atoms with Crippen LogP contribution in [0.2, 0.25) is 0 Å². The lowest BCUT2D eigenvalue weighted by Crippen LogP contribution is -2.32. The fourth-order valence-corrected chi connectivity index (χ4v) is 3.65. The molecule has 8 heteroatoms. The van der Waals surface area contributed by atoms with E-state index in [4.69, 9.17) is 10.7 Å². The lowest BCUT2D eigenvalue weighted by molar-refractivity contribution is 0.543. The first-order chi connectivity index (χ1) is 8.66. The minimum absolute atomic E-state index is 0.0134. The van der Waals surface area contributed by atoms with Crippen molar-refractivity contribution in [1.29, 1.82) is 0 Å². The van der Waals surface area contributed by atoms with Crippen molar-refractivity contribution in [3.63, 3.8) is 0 Å².